The molecule has 0 aromatic carbocycles. The van der Waals surface area contributed by atoms with Crippen LogP contribution in [0.25, 0.3) is 6.08 Å². The zero-order valence-corrected chi connectivity index (χ0v) is 8.34. The van der Waals surface area contributed by atoms with Gasteiger partial charge in [0.25, 0.3) is 0 Å². The van der Waals surface area contributed by atoms with Crippen LogP contribution in [0.5, 0.6) is 0 Å². The van der Waals surface area contributed by atoms with Crippen LogP contribution in [-0.2, 0) is 7.05 Å². The first-order valence-corrected chi connectivity index (χ1v) is 4.34. The number of alkyl halides is 1. The van der Waals surface area contributed by atoms with Gasteiger partial charge >= 0.3 is 0 Å². The van der Waals surface area contributed by atoms with Crippen LogP contribution in [0.3, 0.4) is 0 Å². The standard InChI is InChI=1S/C9H13ClN2/c1-7(8(2)10)6-9-11-4-5-12(9)3/h4-6,8H,1-3H3/b7-6+. The first-order chi connectivity index (χ1) is 5.61. The van der Waals surface area contributed by atoms with Gasteiger partial charge in [0.1, 0.15) is 5.82 Å². The van der Waals surface area contributed by atoms with E-state index in [1.54, 1.807) is 6.20 Å². The van der Waals surface area contributed by atoms with Crippen molar-refractivity contribution in [1.29, 1.82) is 0 Å². The van der Waals surface area contributed by atoms with Gasteiger partial charge in [-0.25, -0.2) is 4.98 Å². The highest BCUT2D eigenvalue weighted by Gasteiger charge is 2.00. The topological polar surface area (TPSA) is 17.8 Å². The molecule has 1 rings (SSSR count). The molecule has 0 aliphatic carbocycles. The van der Waals surface area contributed by atoms with E-state index >= 15 is 0 Å². The molecule has 12 heavy (non-hydrogen) atoms. The van der Waals surface area contributed by atoms with Crippen LogP contribution in [0.4, 0.5) is 0 Å². The summed E-state index contributed by atoms with van der Waals surface area (Å²) in [6.45, 7) is 3.96. The molecule has 0 radical (unpaired) electrons. The van der Waals surface area contributed by atoms with Crippen LogP contribution in [0, 0.1) is 0 Å². The lowest BCUT2D eigenvalue weighted by molar-refractivity contribution is 0.894. The van der Waals surface area contributed by atoms with Gasteiger partial charge in [0, 0.05) is 19.4 Å². The number of imidazole rings is 1. The zero-order chi connectivity index (χ0) is 9.14. The smallest absolute Gasteiger partial charge is 0.132 e. The Hall–Kier alpha value is -0.760. The molecule has 0 bridgehead atoms. The molecule has 2 nitrogen and oxygen atoms in total. The summed E-state index contributed by atoms with van der Waals surface area (Å²) in [4.78, 5) is 4.17. The second kappa shape index (κ2) is 3.76. The molecule has 0 fully saturated rings. The van der Waals surface area contributed by atoms with Gasteiger partial charge in [0.2, 0.25) is 0 Å². The molecule has 0 aliphatic rings. The Morgan fingerprint density at radius 2 is 2.42 bits per heavy atom. The Balaban J connectivity index is 2.87. The normalized spacial score (nSPS) is 14.8. The molecule has 0 N–H and O–H groups in total. The molecule has 1 aromatic rings. The molecular formula is C9H13ClN2. The largest absolute Gasteiger partial charge is 0.335 e. The molecule has 0 amide bonds. The second-order valence-corrected chi connectivity index (χ2v) is 3.56. The summed E-state index contributed by atoms with van der Waals surface area (Å²) < 4.78 is 1.96. The molecule has 1 unspecified atom stereocenters. The fourth-order valence-electron chi connectivity index (χ4n) is 0.835. The molecule has 1 heterocycles. The van der Waals surface area contributed by atoms with Crippen molar-refractivity contribution in [3.05, 3.63) is 23.8 Å². The molecule has 1 atom stereocenters. The number of nitrogens with zero attached hydrogens (tertiary/aromatic N) is 2. The highest BCUT2D eigenvalue weighted by Crippen LogP contribution is 2.11. The Labute approximate surface area is 77.9 Å². The highest BCUT2D eigenvalue weighted by atomic mass is 35.5. The summed E-state index contributed by atoms with van der Waals surface area (Å²) in [5, 5.41) is 0.0710. The van der Waals surface area contributed by atoms with Crippen LogP contribution in [0.2, 0.25) is 0 Å². The Morgan fingerprint density at radius 3 is 2.83 bits per heavy atom. The van der Waals surface area contributed by atoms with E-state index in [2.05, 4.69) is 4.98 Å². The van der Waals surface area contributed by atoms with Crippen molar-refractivity contribution >= 4 is 17.7 Å². The number of allylic oxidation sites excluding steroid dienone is 1. The van der Waals surface area contributed by atoms with Crippen LogP contribution < -0.4 is 0 Å². The van der Waals surface area contributed by atoms with Crippen LogP contribution in [0.1, 0.15) is 19.7 Å². The fourth-order valence-corrected chi connectivity index (χ4v) is 0.898. The summed E-state index contributed by atoms with van der Waals surface area (Å²) in [6.07, 6.45) is 5.69. The number of halogens is 1. The number of rotatable bonds is 2. The predicted octanol–water partition coefficient (Wildman–Crippen LogP) is 2.45. The van der Waals surface area contributed by atoms with Gasteiger partial charge in [0.15, 0.2) is 0 Å². The average Bonchev–Trinajstić information content (AvgIpc) is 2.36. The number of aryl methyl sites for hydroxylation is 1. The minimum Gasteiger partial charge on any atom is -0.335 e. The summed E-state index contributed by atoms with van der Waals surface area (Å²) in [5.41, 5.74) is 1.13. The summed E-state index contributed by atoms with van der Waals surface area (Å²) >= 11 is 5.89. The van der Waals surface area contributed by atoms with Crippen LogP contribution in [-0.4, -0.2) is 14.9 Å². The SMILES string of the molecule is C/C(=C\c1nccn1C)C(C)Cl. The van der Waals surface area contributed by atoms with Gasteiger partial charge in [-0.1, -0.05) is 5.57 Å². The van der Waals surface area contributed by atoms with E-state index in [1.807, 2.05) is 37.7 Å². The number of aromatic nitrogens is 2. The minimum atomic E-state index is 0.0710. The monoisotopic (exact) mass is 184 g/mol. The van der Waals surface area contributed by atoms with Crippen molar-refractivity contribution in [1.82, 2.24) is 9.55 Å². The molecule has 0 spiro atoms. The predicted molar refractivity (Wildman–Crippen MR) is 52.2 cm³/mol. The Kier molecular flexibility index (Phi) is 2.93. The molecule has 0 saturated carbocycles. The third kappa shape index (κ3) is 2.11. The molecule has 1 aromatic heterocycles. The number of hydrogen-bond donors (Lipinski definition) is 0. The van der Waals surface area contributed by atoms with Crippen molar-refractivity contribution in [3.8, 4) is 0 Å². The molecule has 66 valence electrons. The van der Waals surface area contributed by atoms with E-state index in [0.717, 1.165) is 11.4 Å². The maximum atomic E-state index is 5.89. The maximum absolute atomic E-state index is 5.89. The van der Waals surface area contributed by atoms with Gasteiger partial charge in [-0.3, -0.25) is 0 Å². The van der Waals surface area contributed by atoms with E-state index in [1.165, 1.54) is 0 Å². The summed E-state index contributed by atoms with van der Waals surface area (Å²) in [5.74, 6) is 0.944. The lowest BCUT2D eigenvalue weighted by Gasteiger charge is -2.02. The van der Waals surface area contributed by atoms with Gasteiger partial charge in [-0.15, -0.1) is 11.6 Å². The molecule has 3 heteroatoms. The fraction of sp³-hybridized carbons (Fsp3) is 0.444. The van der Waals surface area contributed by atoms with Crippen LogP contribution >= 0.6 is 11.6 Å². The van der Waals surface area contributed by atoms with Gasteiger partial charge < -0.3 is 4.57 Å². The van der Waals surface area contributed by atoms with Crippen LogP contribution in [0.15, 0.2) is 18.0 Å². The van der Waals surface area contributed by atoms with Crippen molar-refractivity contribution in [3.63, 3.8) is 0 Å². The van der Waals surface area contributed by atoms with E-state index in [-0.39, 0.29) is 5.38 Å². The van der Waals surface area contributed by atoms with E-state index in [9.17, 15) is 0 Å². The number of hydrogen-bond acceptors (Lipinski definition) is 1. The van der Waals surface area contributed by atoms with E-state index < -0.39 is 0 Å². The van der Waals surface area contributed by atoms with Crippen molar-refractivity contribution in [2.45, 2.75) is 19.2 Å². The highest BCUT2D eigenvalue weighted by molar-refractivity contribution is 6.22. The lowest BCUT2D eigenvalue weighted by atomic mass is 10.2. The van der Waals surface area contributed by atoms with Gasteiger partial charge in [-0.2, -0.15) is 0 Å². The van der Waals surface area contributed by atoms with E-state index in [4.69, 9.17) is 11.6 Å². The molecule has 0 aliphatic heterocycles. The second-order valence-electron chi connectivity index (χ2n) is 2.90. The molecular weight excluding hydrogens is 172 g/mol. The third-order valence-corrected chi connectivity index (χ3v) is 2.19. The van der Waals surface area contributed by atoms with Crippen molar-refractivity contribution in [2.24, 2.45) is 7.05 Å². The quantitative estimate of drug-likeness (QED) is 0.646. The van der Waals surface area contributed by atoms with Crippen molar-refractivity contribution in [2.75, 3.05) is 0 Å². The minimum absolute atomic E-state index is 0.0710. The Morgan fingerprint density at radius 1 is 1.75 bits per heavy atom. The summed E-state index contributed by atoms with van der Waals surface area (Å²) in [6, 6.07) is 0. The van der Waals surface area contributed by atoms with E-state index in [0.29, 0.717) is 0 Å². The average molecular weight is 185 g/mol. The van der Waals surface area contributed by atoms with Gasteiger partial charge in [0.05, 0.1) is 5.38 Å². The van der Waals surface area contributed by atoms with Crippen molar-refractivity contribution < 1.29 is 0 Å². The maximum Gasteiger partial charge on any atom is 0.132 e. The summed E-state index contributed by atoms with van der Waals surface area (Å²) in [7, 11) is 1.96. The molecule has 0 saturated heterocycles. The first-order valence-electron chi connectivity index (χ1n) is 3.91. The zero-order valence-electron chi connectivity index (χ0n) is 7.58. The first kappa shape index (κ1) is 9.33. The third-order valence-electron chi connectivity index (χ3n) is 1.84. The van der Waals surface area contributed by atoms with Gasteiger partial charge in [-0.05, 0) is 19.9 Å². The lowest BCUT2D eigenvalue weighted by Crippen LogP contribution is -1.95. The Bertz CT molecular complexity index is 286.